The van der Waals surface area contributed by atoms with E-state index >= 15 is 0 Å². The molecule has 156 valence electrons. The Kier molecular flexibility index (Phi) is 4.62. The number of anilines is 1. The van der Waals surface area contributed by atoms with E-state index in [1.54, 1.807) is 37.3 Å². The molecule has 0 saturated carbocycles. The van der Waals surface area contributed by atoms with Gasteiger partial charge < -0.3 is 5.32 Å². The summed E-state index contributed by atoms with van der Waals surface area (Å²) in [6, 6.07) is 11.9. The van der Waals surface area contributed by atoms with E-state index in [9.17, 15) is 21.6 Å². The zero-order chi connectivity index (χ0) is 21.7. The normalized spacial score (nSPS) is 15.4. The third-order valence-electron chi connectivity index (χ3n) is 4.57. The minimum Gasteiger partial charge on any atom is -0.343 e. The summed E-state index contributed by atoms with van der Waals surface area (Å²) >= 11 is 0. The summed E-state index contributed by atoms with van der Waals surface area (Å²) in [5.74, 6) is -0.888. The Morgan fingerprint density at radius 3 is 2.47 bits per heavy atom. The second-order valence-electron chi connectivity index (χ2n) is 6.78. The molecule has 1 amide bonds. The van der Waals surface area contributed by atoms with Gasteiger partial charge in [-0.15, -0.1) is 5.10 Å². The maximum atomic E-state index is 12.6. The van der Waals surface area contributed by atoms with Crippen molar-refractivity contribution in [1.29, 1.82) is 0 Å². The first-order valence-corrected chi connectivity index (χ1v) is 12.1. The minimum absolute atomic E-state index is 0.0358. The van der Waals surface area contributed by atoms with Crippen LogP contribution in [0.3, 0.4) is 0 Å². The molecule has 1 aliphatic rings. The minimum atomic E-state index is -3.80. The molecule has 30 heavy (non-hydrogen) atoms. The molecule has 1 atom stereocenters. The summed E-state index contributed by atoms with van der Waals surface area (Å²) in [5.41, 5.74) is 0.980. The Balaban J connectivity index is 1.58. The van der Waals surface area contributed by atoms with Gasteiger partial charge in [-0.1, -0.05) is 24.3 Å². The summed E-state index contributed by atoms with van der Waals surface area (Å²) in [6.45, 7) is 1.72. The van der Waals surface area contributed by atoms with E-state index in [1.165, 1.54) is 22.9 Å². The highest BCUT2D eigenvalue weighted by atomic mass is 32.2. The molecule has 0 bridgehead atoms. The number of amides is 1. The molecule has 0 unspecified atom stereocenters. The molecule has 10 nitrogen and oxygen atoms in total. The summed E-state index contributed by atoms with van der Waals surface area (Å²) in [4.78, 5) is 16.8. The van der Waals surface area contributed by atoms with Gasteiger partial charge in [0.05, 0.1) is 16.6 Å². The van der Waals surface area contributed by atoms with Crippen molar-refractivity contribution in [3.63, 3.8) is 0 Å². The highest BCUT2D eigenvalue weighted by Crippen LogP contribution is 2.29. The van der Waals surface area contributed by atoms with Crippen LogP contribution in [0.15, 0.2) is 58.3 Å². The standard InChI is InChI=1S/C18H17N5O5S2/c1-11(12-7-9-13(10-8-12)29(2,25)26)19-17(24)16-20-18-22-30(27,28)15-6-4-3-5-14(15)23(18)21-16/h3-11H,1-2H3,(H,19,24)(H,20,21,22)/t11-/m1/s1. The number of hydrogen-bond acceptors (Lipinski definition) is 7. The molecule has 1 aliphatic heterocycles. The number of para-hydroxylation sites is 1. The van der Waals surface area contributed by atoms with Crippen LogP contribution in [0.25, 0.3) is 5.69 Å². The van der Waals surface area contributed by atoms with Crippen molar-refractivity contribution in [3.8, 4) is 5.69 Å². The second kappa shape index (κ2) is 6.92. The van der Waals surface area contributed by atoms with Gasteiger partial charge in [0.15, 0.2) is 9.84 Å². The van der Waals surface area contributed by atoms with E-state index in [4.69, 9.17) is 0 Å². The lowest BCUT2D eigenvalue weighted by Gasteiger charge is -2.17. The maximum absolute atomic E-state index is 12.6. The lowest BCUT2D eigenvalue weighted by molar-refractivity contribution is 0.0929. The van der Waals surface area contributed by atoms with Crippen LogP contribution in [-0.4, -0.2) is 43.8 Å². The molecule has 4 rings (SSSR count). The number of rotatable bonds is 4. The Morgan fingerprint density at radius 2 is 1.80 bits per heavy atom. The van der Waals surface area contributed by atoms with Crippen LogP contribution < -0.4 is 10.0 Å². The van der Waals surface area contributed by atoms with Gasteiger partial charge in [0.2, 0.25) is 11.8 Å². The zero-order valence-electron chi connectivity index (χ0n) is 15.9. The maximum Gasteiger partial charge on any atom is 0.291 e. The summed E-state index contributed by atoms with van der Waals surface area (Å²) < 4.78 is 51.4. The average molecular weight is 447 g/mol. The van der Waals surface area contributed by atoms with Crippen molar-refractivity contribution < 1.29 is 21.6 Å². The van der Waals surface area contributed by atoms with Gasteiger partial charge in [0.25, 0.3) is 15.9 Å². The van der Waals surface area contributed by atoms with Crippen LogP contribution in [0.2, 0.25) is 0 Å². The lowest BCUT2D eigenvalue weighted by Crippen LogP contribution is -2.27. The van der Waals surface area contributed by atoms with Gasteiger partial charge in [-0.25, -0.2) is 21.6 Å². The molecule has 2 aromatic carbocycles. The van der Waals surface area contributed by atoms with E-state index < -0.39 is 31.8 Å². The Morgan fingerprint density at radius 1 is 1.13 bits per heavy atom. The highest BCUT2D eigenvalue weighted by Gasteiger charge is 2.31. The van der Waals surface area contributed by atoms with E-state index in [0.29, 0.717) is 11.3 Å². The van der Waals surface area contributed by atoms with Crippen LogP contribution >= 0.6 is 0 Å². The van der Waals surface area contributed by atoms with Crippen LogP contribution in [0, 0.1) is 0 Å². The number of aromatic nitrogens is 3. The van der Waals surface area contributed by atoms with Crippen molar-refractivity contribution in [3.05, 3.63) is 59.9 Å². The van der Waals surface area contributed by atoms with Crippen LogP contribution in [-0.2, 0) is 19.9 Å². The molecule has 0 saturated heterocycles. The number of nitrogens with one attached hydrogen (secondary N) is 2. The van der Waals surface area contributed by atoms with Gasteiger partial charge >= 0.3 is 0 Å². The molecule has 2 heterocycles. The third kappa shape index (κ3) is 3.55. The number of carbonyl (C=O) groups excluding carboxylic acids is 1. The molecule has 3 aromatic rings. The Labute approximate surface area is 172 Å². The number of fused-ring (bicyclic) bond motifs is 3. The van der Waals surface area contributed by atoms with E-state index in [0.717, 1.165) is 6.26 Å². The van der Waals surface area contributed by atoms with E-state index in [1.807, 2.05) is 0 Å². The van der Waals surface area contributed by atoms with Gasteiger partial charge in [0, 0.05) is 6.26 Å². The fourth-order valence-corrected chi connectivity index (χ4v) is 4.83. The number of sulfonamides is 1. The molecule has 1 aromatic heterocycles. The van der Waals surface area contributed by atoms with Crippen LogP contribution in [0.5, 0.6) is 0 Å². The topological polar surface area (TPSA) is 140 Å². The van der Waals surface area contributed by atoms with Gasteiger partial charge in [-0.3, -0.25) is 4.79 Å². The van der Waals surface area contributed by atoms with Crippen molar-refractivity contribution in [2.45, 2.75) is 22.8 Å². The van der Waals surface area contributed by atoms with Crippen molar-refractivity contribution in [1.82, 2.24) is 20.1 Å². The van der Waals surface area contributed by atoms with Crippen LogP contribution in [0.1, 0.15) is 29.1 Å². The first-order valence-electron chi connectivity index (χ1n) is 8.76. The predicted molar refractivity (Wildman–Crippen MR) is 108 cm³/mol. The van der Waals surface area contributed by atoms with Crippen molar-refractivity contribution >= 4 is 31.7 Å². The summed E-state index contributed by atoms with van der Waals surface area (Å²) in [6.07, 6.45) is 1.12. The van der Waals surface area contributed by atoms with Gasteiger partial charge in [0.1, 0.15) is 4.90 Å². The largest absolute Gasteiger partial charge is 0.343 e. The van der Waals surface area contributed by atoms with Crippen LogP contribution in [0.4, 0.5) is 5.95 Å². The molecule has 0 spiro atoms. The van der Waals surface area contributed by atoms with E-state index in [2.05, 4.69) is 20.1 Å². The monoisotopic (exact) mass is 447 g/mol. The number of carbonyl (C=O) groups is 1. The number of sulfone groups is 1. The quantitative estimate of drug-likeness (QED) is 0.614. The van der Waals surface area contributed by atoms with Crippen molar-refractivity contribution in [2.75, 3.05) is 11.0 Å². The summed E-state index contributed by atoms with van der Waals surface area (Å²) in [5, 5.41) is 6.86. The van der Waals surface area contributed by atoms with E-state index in [-0.39, 0.29) is 21.6 Å². The van der Waals surface area contributed by atoms with Gasteiger partial charge in [-0.05, 0) is 36.8 Å². The number of hydrogen-bond donors (Lipinski definition) is 2. The first-order chi connectivity index (χ1) is 14.1. The average Bonchev–Trinajstić information content (AvgIpc) is 3.11. The Bertz CT molecular complexity index is 1360. The highest BCUT2D eigenvalue weighted by molar-refractivity contribution is 7.93. The zero-order valence-corrected chi connectivity index (χ0v) is 17.5. The number of benzene rings is 2. The molecular formula is C18H17N5O5S2. The second-order valence-corrected chi connectivity index (χ2v) is 10.4. The fourth-order valence-electron chi connectivity index (χ4n) is 3.03. The third-order valence-corrected chi connectivity index (χ3v) is 7.08. The molecular weight excluding hydrogens is 430 g/mol. The Hall–Kier alpha value is -3.25. The molecule has 2 N–H and O–H groups in total. The smallest absolute Gasteiger partial charge is 0.291 e. The molecule has 0 aliphatic carbocycles. The van der Waals surface area contributed by atoms with Crippen molar-refractivity contribution in [2.24, 2.45) is 0 Å². The molecule has 0 fully saturated rings. The molecule has 12 heteroatoms. The van der Waals surface area contributed by atoms with Gasteiger partial charge in [-0.2, -0.15) is 9.67 Å². The lowest BCUT2D eigenvalue weighted by atomic mass is 10.1. The fraction of sp³-hybridized carbons (Fsp3) is 0.167. The summed E-state index contributed by atoms with van der Waals surface area (Å²) in [7, 11) is -7.12. The first kappa shape index (κ1) is 20.0. The SMILES string of the molecule is C[C@@H](NC(=O)c1nc2n(n1)-c1ccccc1S(=O)(=O)N2)c1ccc(S(C)(=O)=O)cc1. The predicted octanol–water partition coefficient (Wildman–Crippen LogP) is 1.28. The molecule has 0 radical (unpaired) electrons. The number of nitrogens with zero attached hydrogens (tertiary/aromatic N) is 3.